The molecule has 0 aliphatic heterocycles. The zero-order chi connectivity index (χ0) is 16.8. The largest absolute Gasteiger partial charge is 0.504 e. The van der Waals surface area contributed by atoms with Crippen LogP contribution in [-0.2, 0) is 6.42 Å². The number of rotatable bonds is 12. The average molecular weight is 316 g/mol. The van der Waals surface area contributed by atoms with Gasteiger partial charge in [0.25, 0.3) is 0 Å². The first-order valence-electron chi connectivity index (χ1n) is 9.05. The van der Waals surface area contributed by atoms with Crippen LogP contribution < -0.4 is 0 Å². The van der Waals surface area contributed by atoms with E-state index in [9.17, 15) is 10.2 Å². The van der Waals surface area contributed by atoms with Crippen LogP contribution in [0, 0.1) is 0 Å². The van der Waals surface area contributed by atoms with Crippen LogP contribution in [0.1, 0.15) is 70.3 Å². The number of benzene rings is 1. The SMILES string of the molecule is CCCC=CCC=CCCCCCCCc1cccc(O)c1O. The van der Waals surface area contributed by atoms with Crippen molar-refractivity contribution in [2.45, 2.75) is 71.1 Å². The van der Waals surface area contributed by atoms with Gasteiger partial charge in [0.15, 0.2) is 11.5 Å². The van der Waals surface area contributed by atoms with Crippen molar-refractivity contribution in [1.82, 2.24) is 0 Å². The van der Waals surface area contributed by atoms with Crippen molar-refractivity contribution < 1.29 is 10.2 Å². The van der Waals surface area contributed by atoms with Crippen LogP contribution in [0.5, 0.6) is 11.5 Å². The Balaban J connectivity index is 1.97. The van der Waals surface area contributed by atoms with E-state index in [-0.39, 0.29) is 11.5 Å². The van der Waals surface area contributed by atoms with E-state index in [0.717, 1.165) is 24.8 Å². The Morgan fingerprint density at radius 2 is 1.52 bits per heavy atom. The third-order valence-corrected chi connectivity index (χ3v) is 3.98. The first-order chi connectivity index (χ1) is 11.3. The summed E-state index contributed by atoms with van der Waals surface area (Å²) >= 11 is 0. The minimum Gasteiger partial charge on any atom is -0.504 e. The summed E-state index contributed by atoms with van der Waals surface area (Å²) in [5.74, 6) is 0.0319. The number of aryl methyl sites for hydroxylation is 1. The van der Waals surface area contributed by atoms with Crippen LogP contribution in [0.4, 0.5) is 0 Å². The fourth-order valence-corrected chi connectivity index (χ4v) is 2.56. The lowest BCUT2D eigenvalue weighted by molar-refractivity contribution is 0.398. The molecule has 2 heteroatoms. The molecular weight excluding hydrogens is 284 g/mol. The van der Waals surface area contributed by atoms with Crippen molar-refractivity contribution in [2.75, 3.05) is 0 Å². The van der Waals surface area contributed by atoms with Crippen molar-refractivity contribution in [3.05, 3.63) is 48.1 Å². The van der Waals surface area contributed by atoms with Gasteiger partial charge in [-0.15, -0.1) is 0 Å². The van der Waals surface area contributed by atoms with Crippen molar-refractivity contribution in [3.63, 3.8) is 0 Å². The van der Waals surface area contributed by atoms with Crippen molar-refractivity contribution in [2.24, 2.45) is 0 Å². The molecule has 128 valence electrons. The molecule has 0 aliphatic carbocycles. The molecular formula is C21H32O2. The predicted octanol–water partition coefficient (Wildman–Crippen LogP) is 6.28. The van der Waals surface area contributed by atoms with E-state index in [2.05, 4.69) is 31.2 Å². The molecule has 0 aromatic heterocycles. The van der Waals surface area contributed by atoms with Crippen molar-refractivity contribution in [1.29, 1.82) is 0 Å². The van der Waals surface area contributed by atoms with E-state index in [1.165, 1.54) is 51.0 Å². The molecule has 0 aliphatic rings. The van der Waals surface area contributed by atoms with Crippen LogP contribution in [-0.4, -0.2) is 10.2 Å². The maximum Gasteiger partial charge on any atom is 0.160 e. The number of hydrogen-bond donors (Lipinski definition) is 2. The highest BCUT2D eigenvalue weighted by atomic mass is 16.3. The molecule has 0 saturated heterocycles. The minimum absolute atomic E-state index is 0.0150. The summed E-state index contributed by atoms with van der Waals surface area (Å²) in [7, 11) is 0. The Bertz CT molecular complexity index is 475. The Morgan fingerprint density at radius 3 is 2.30 bits per heavy atom. The topological polar surface area (TPSA) is 40.5 Å². The van der Waals surface area contributed by atoms with Gasteiger partial charge in [-0.1, -0.05) is 69.0 Å². The summed E-state index contributed by atoms with van der Waals surface area (Å²) in [6.07, 6.45) is 20.6. The van der Waals surface area contributed by atoms with Gasteiger partial charge in [0.05, 0.1) is 0 Å². The molecule has 1 aromatic rings. The molecule has 0 radical (unpaired) electrons. The predicted molar refractivity (Wildman–Crippen MR) is 99.0 cm³/mol. The number of para-hydroxylation sites is 1. The van der Waals surface area contributed by atoms with E-state index >= 15 is 0 Å². The van der Waals surface area contributed by atoms with E-state index in [0.29, 0.717) is 0 Å². The molecule has 0 fully saturated rings. The third-order valence-electron chi connectivity index (χ3n) is 3.98. The van der Waals surface area contributed by atoms with Crippen LogP contribution in [0.25, 0.3) is 0 Å². The lowest BCUT2D eigenvalue weighted by Gasteiger charge is -2.05. The molecule has 23 heavy (non-hydrogen) atoms. The zero-order valence-corrected chi connectivity index (χ0v) is 14.5. The second kappa shape index (κ2) is 12.8. The van der Waals surface area contributed by atoms with Gasteiger partial charge in [0.2, 0.25) is 0 Å². The van der Waals surface area contributed by atoms with E-state index in [1.807, 2.05) is 6.07 Å². The first-order valence-corrected chi connectivity index (χ1v) is 9.05. The molecule has 0 unspecified atom stereocenters. The Morgan fingerprint density at radius 1 is 0.826 bits per heavy atom. The third kappa shape index (κ3) is 9.12. The molecule has 0 atom stereocenters. The fraction of sp³-hybridized carbons (Fsp3) is 0.524. The normalized spacial score (nSPS) is 11.7. The number of phenols is 2. The summed E-state index contributed by atoms with van der Waals surface area (Å²) in [5, 5.41) is 19.2. The summed E-state index contributed by atoms with van der Waals surface area (Å²) in [6, 6.07) is 5.19. The maximum atomic E-state index is 9.73. The van der Waals surface area contributed by atoms with Crippen LogP contribution >= 0.6 is 0 Å². The standard InChI is InChI=1S/C21H32O2/c1-2-3-4-5-6-7-8-9-10-11-12-13-14-16-19-17-15-18-20(22)21(19)23/h4-5,7-8,15,17-18,22-23H,2-3,6,9-14,16H2,1H3. The Kier molecular flexibility index (Phi) is 10.8. The summed E-state index contributed by atoms with van der Waals surface area (Å²) in [6.45, 7) is 2.20. The average Bonchev–Trinajstić information content (AvgIpc) is 2.55. The smallest absolute Gasteiger partial charge is 0.160 e. The lowest BCUT2D eigenvalue weighted by Crippen LogP contribution is -1.87. The molecule has 2 N–H and O–H groups in total. The molecule has 1 aromatic carbocycles. The molecule has 0 amide bonds. The first kappa shape index (κ1) is 19.3. The quantitative estimate of drug-likeness (QED) is 0.270. The summed E-state index contributed by atoms with van der Waals surface area (Å²) in [4.78, 5) is 0. The second-order valence-electron chi connectivity index (χ2n) is 6.06. The summed E-state index contributed by atoms with van der Waals surface area (Å²) in [5.41, 5.74) is 0.851. The van der Waals surface area contributed by atoms with Crippen LogP contribution in [0.2, 0.25) is 0 Å². The maximum absolute atomic E-state index is 9.73. The molecule has 0 heterocycles. The van der Waals surface area contributed by atoms with E-state index in [1.54, 1.807) is 6.07 Å². The van der Waals surface area contributed by atoms with E-state index in [4.69, 9.17) is 0 Å². The van der Waals surface area contributed by atoms with Crippen LogP contribution in [0.15, 0.2) is 42.5 Å². The zero-order valence-electron chi connectivity index (χ0n) is 14.5. The lowest BCUT2D eigenvalue weighted by atomic mass is 10.0. The van der Waals surface area contributed by atoms with Gasteiger partial charge in [-0.2, -0.15) is 0 Å². The Labute approximate surface area is 141 Å². The molecule has 2 nitrogen and oxygen atoms in total. The van der Waals surface area contributed by atoms with Gasteiger partial charge in [0, 0.05) is 0 Å². The highest BCUT2D eigenvalue weighted by molar-refractivity contribution is 5.44. The van der Waals surface area contributed by atoms with Crippen molar-refractivity contribution in [3.8, 4) is 11.5 Å². The molecule has 1 rings (SSSR count). The van der Waals surface area contributed by atoms with Crippen LogP contribution in [0.3, 0.4) is 0 Å². The van der Waals surface area contributed by atoms with Gasteiger partial charge in [-0.3, -0.25) is 0 Å². The van der Waals surface area contributed by atoms with Gasteiger partial charge in [-0.25, -0.2) is 0 Å². The highest BCUT2D eigenvalue weighted by Crippen LogP contribution is 2.29. The summed E-state index contributed by atoms with van der Waals surface area (Å²) < 4.78 is 0. The van der Waals surface area contributed by atoms with Gasteiger partial charge in [0.1, 0.15) is 0 Å². The monoisotopic (exact) mass is 316 g/mol. The van der Waals surface area contributed by atoms with Gasteiger partial charge in [-0.05, 0) is 50.2 Å². The highest BCUT2D eigenvalue weighted by Gasteiger charge is 2.04. The van der Waals surface area contributed by atoms with Gasteiger partial charge < -0.3 is 10.2 Å². The molecule has 0 bridgehead atoms. The Hall–Kier alpha value is -1.70. The molecule has 0 spiro atoms. The van der Waals surface area contributed by atoms with Gasteiger partial charge >= 0.3 is 0 Å². The van der Waals surface area contributed by atoms with Crippen molar-refractivity contribution >= 4 is 0 Å². The number of hydrogen-bond acceptors (Lipinski definition) is 2. The minimum atomic E-state index is -0.0150. The number of unbranched alkanes of at least 4 members (excludes halogenated alkanes) is 6. The van der Waals surface area contributed by atoms with E-state index < -0.39 is 0 Å². The number of phenolic OH excluding ortho intramolecular Hbond substituents is 2. The second-order valence-corrected chi connectivity index (χ2v) is 6.06. The molecule has 0 saturated carbocycles. The number of aromatic hydroxyl groups is 2. The fourth-order valence-electron chi connectivity index (χ4n) is 2.56. The number of allylic oxidation sites excluding steroid dienone is 4.